The van der Waals surface area contributed by atoms with Crippen LogP contribution in [0.1, 0.15) is 30.5 Å². The highest BCUT2D eigenvalue weighted by Crippen LogP contribution is 2.36. The van der Waals surface area contributed by atoms with Gasteiger partial charge in [0.2, 0.25) is 0 Å². The molecule has 0 amide bonds. The number of rotatable bonds is 5. The number of esters is 1. The van der Waals surface area contributed by atoms with Crippen LogP contribution >= 0.6 is 0 Å². The second-order valence-corrected chi connectivity index (χ2v) is 5.77. The summed E-state index contributed by atoms with van der Waals surface area (Å²) in [5, 5.41) is 0. The molecule has 0 N–H and O–H groups in total. The van der Waals surface area contributed by atoms with Gasteiger partial charge in [-0.05, 0) is 29.7 Å². The minimum absolute atomic E-state index is 0.0147. The van der Waals surface area contributed by atoms with Crippen molar-refractivity contribution in [3.63, 3.8) is 0 Å². The molecule has 3 nitrogen and oxygen atoms in total. The van der Waals surface area contributed by atoms with Crippen LogP contribution < -0.4 is 0 Å². The highest BCUT2D eigenvalue weighted by atomic mass is 19.4. The smallest absolute Gasteiger partial charge is 0.416 e. The fraction of sp³-hybridized carbons (Fsp3) is 0.412. The average molecular weight is 381 g/mol. The lowest BCUT2D eigenvalue weighted by molar-refractivity contribution is -0.146. The Bertz CT molecular complexity index is 674. The van der Waals surface area contributed by atoms with Crippen molar-refractivity contribution < 1.29 is 35.9 Å². The zero-order valence-electron chi connectivity index (χ0n) is 14.2. The SMILES string of the molecule is C=C[C@](N=Cc1cc(C(F)(F)F)cc(C(F)(F)F)c1)(C(=O)OC)C(C)C. The summed E-state index contributed by atoms with van der Waals surface area (Å²) in [5.74, 6) is -1.33. The Morgan fingerprint density at radius 3 is 1.85 bits per heavy atom. The van der Waals surface area contributed by atoms with Gasteiger partial charge < -0.3 is 4.74 Å². The molecule has 0 spiro atoms. The highest BCUT2D eigenvalue weighted by molar-refractivity contribution is 5.89. The van der Waals surface area contributed by atoms with Crippen LogP contribution in [0.2, 0.25) is 0 Å². The van der Waals surface area contributed by atoms with Gasteiger partial charge >= 0.3 is 18.3 Å². The van der Waals surface area contributed by atoms with Crippen molar-refractivity contribution in [1.29, 1.82) is 0 Å². The molecule has 0 saturated heterocycles. The van der Waals surface area contributed by atoms with Crippen LogP contribution in [0.15, 0.2) is 35.8 Å². The van der Waals surface area contributed by atoms with Crippen LogP contribution in [-0.4, -0.2) is 24.8 Å². The second kappa shape index (κ2) is 7.51. The van der Waals surface area contributed by atoms with Crippen LogP contribution in [0.5, 0.6) is 0 Å². The van der Waals surface area contributed by atoms with Crippen LogP contribution in [0.25, 0.3) is 0 Å². The minimum atomic E-state index is -4.97. The van der Waals surface area contributed by atoms with E-state index in [9.17, 15) is 31.1 Å². The van der Waals surface area contributed by atoms with Crippen molar-refractivity contribution >= 4 is 12.2 Å². The minimum Gasteiger partial charge on any atom is -0.467 e. The third kappa shape index (κ3) is 4.64. The van der Waals surface area contributed by atoms with Crippen LogP contribution in [0.4, 0.5) is 26.3 Å². The van der Waals surface area contributed by atoms with E-state index in [-0.39, 0.29) is 6.07 Å². The number of nitrogens with zero attached hydrogens (tertiary/aromatic N) is 1. The first-order valence-electron chi connectivity index (χ1n) is 7.34. The summed E-state index contributed by atoms with van der Waals surface area (Å²) >= 11 is 0. The maximum atomic E-state index is 12.9. The maximum Gasteiger partial charge on any atom is 0.416 e. The predicted molar refractivity (Wildman–Crippen MR) is 83.8 cm³/mol. The second-order valence-electron chi connectivity index (χ2n) is 5.77. The molecule has 0 unspecified atom stereocenters. The number of benzene rings is 1. The third-order valence-corrected chi connectivity index (χ3v) is 3.74. The molecule has 0 heterocycles. The summed E-state index contributed by atoms with van der Waals surface area (Å²) in [7, 11) is 1.09. The number of halogens is 6. The standard InChI is InChI=1S/C17H17F6NO2/c1-5-15(10(2)3,14(25)26-4)24-9-11-6-12(16(18,19)20)8-13(7-11)17(21,22)23/h5-10H,1H2,2-4H3/t15-/m1/s1. The first kappa shape index (κ1) is 21.7. The van der Waals surface area contributed by atoms with Crippen molar-refractivity contribution in [1.82, 2.24) is 0 Å². The largest absolute Gasteiger partial charge is 0.467 e. The molecule has 0 aliphatic rings. The molecule has 0 saturated carbocycles. The van der Waals surface area contributed by atoms with Crippen molar-refractivity contribution in [3.05, 3.63) is 47.5 Å². The number of aliphatic imine (C=N–C) groups is 1. The highest BCUT2D eigenvalue weighted by Gasteiger charge is 2.40. The third-order valence-electron chi connectivity index (χ3n) is 3.74. The van der Waals surface area contributed by atoms with Crippen molar-refractivity contribution in [3.8, 4) is 0 Å². The molecule has 0 aliphatic carbocycles. The van der Waals surface area contributed by atoms with Gasteiger partial charge in [0.1, 0.15) is 0 Å². The van der Waals surface area contributed by atoms with Gasteiger partial charge in [-0.1, -0.05) is 19.9 Å². The van der Waals surface area contributed by atoms with E-state index in [2.05, 4.69) is 16.3 Å². The molecule has 0 bridgehead atoms. The van der Waals surface area contributed by atoms with Gasteiger partial charge in [-0.2, -0.15) is 26.3 Å². The Kier molecular flexibility index (Phi) is 6.27. The molecule has 0 fully saturated rings. The zero-order chi connectivity index (χ0) is 20.3. The van der Waals surface area contributed by atoms with Gasteiger partial charge in [-0.3, -0.25) is 4.99 Å². The topological polar surface area (TPSA) is 38.7 Å². The molecule has 1 aromatic rings. The summed E-state index contributed by atoms with van der Waals surface area (Å²) in [5.41, 5.74) is -5.04. The van der Waals surface area contributed by atoms with Crippen molar-refractivity contribution in [2.45, 2.75) is 31.7 Å². The number of hydrogen-bond donors (Lipinski definition) is 0. The van der Waals surface area contributed by atoms with Crippen LogP contribution in [-0.2, 0) is 21.9 Å². The van der Waals surface area contributed by atoms with E-state index in [4.69, 9.17) is 0 Å². The zero-order valence-corrected chi connectivity index (χ0v) is 14.2. The number of ether oxygens (including phenoxy) is 1. The van der Waals surface area contributed by atoms with Gasteiger partial charge in [0, 0.05) is 6.21 Å². The maximum absolute atomic E-state index is 12.9. The summed E-state index contributed by atoms with van der Waals surface area (Å²) in [6.45, 7) is 6.65. The first-order chi connectivity index (χ1) is 11.8. The van der Waals surface area contributed by atoms with Gasteiger partial charge in [0.05, 0.1) is 18.2 Å². The number of carbonyl (C=O) groups excluding carboxylic acids is 1. The predicted octanol–water partition coefficient (Wildman–Crippen LogP) is 4.90. The molecule has 0 aliphatic heterocycles. The van der Waals surface area contributed by atoms with E-state index < -0.39 is 46.5 Å². The molecule has 0 aromatic heterocycles. The van der Waals surface area contributed by atoms with Crippen molar-refractivity contribution in [2.75, 3.05) is 7.11 Å². The van der Waals surface area contributed by atoms with E-state index in [1.165, 1.54) is 0 Å². The van der Waals surface area contributed by atoms with Crippen LogP contribution in [0.3, 0.4) is 0 Å². The number of methoxy groups -OCH3 is 1. The molecule has 144 valence electrons. The Balaban J connectivity index is 3.53. The molecule has 0 radical (unpaired) electrons. The molecular weight excluding hydrogens is 364 g/mol. The molecule has 1 rings (SSSR count). The molecule has 9 heteroatoms. The number of hydrogen-bond acceptors (Lipinski definition) is 3. The normalized spacial score (nSPS) is 15.2. The molecular formula is C17H17F6NO2. The Morgan fingerprint density at radius 2 is 1.54 bits per heavy atom. The van der Waals surface area contributed by atoms with Crippen LogP contribution in [0, 0.1) is 5.92 Å². The van der Waals surface area contributed by atoms with Crippen molar-refractivity contribution in [2.24, 2.45) is 10.9 Å². The summed E-state index contributed by atoms with van der Waals surface area (Å²) < 4.78 is 81.9. The number of alkyl halides is 6. The van der Waals surface area contributed by atoms with E-state index in [0.717, 1.165) is 19.4 Å². The lowest BCUT2D eigenvalue weighted by Gasteiger charge is -2.27. The first-order valence-corrected chi connectivity index (χ1v) is 7.34. The van der Waals surface area contributed by atoms with E-state index in [1.54, 1.807) is 13.8 Å². The summed E-state index contributed by atoms with van der Waals surface area (Å²) in [4.78, 5) is 15.9. The lowest BCUT2D eigenvalue weighted by atomic mass is 9.87. The summed E-state index contributed by atoms with van der Waals surface area (Å²) in [6.07, 6.45) is -8.03. The van der Waals surface area contributed by atoms with Gasteiger partial charge in [-0.25, -0.2) is 4.79 Å². The van der Waals surface area contributed by atoms with E-state index in [1.807, 2.05) is 0 Å². The van der Waals surface area contributed by atoms with Gasteiger partial charge in [0.15, 0.2) is 5.54 Å². The number of carbonyl (C=O) groups is 1. The Labute approximate surface area is 146 Å². The average Bonchev–Trinajstić information content (AvgIpc) is 2.53. The quantitative estimate of drug-likeness (QED) is 0.315. The monoisotopic (exact) mass is 381 g/mol. The summed E-state index contributed by atoms with van der Waals surface area (Å²) in [6, 6.07) is 1.05. The van der Waals surface area contributed by atoms with Gasteiger partial charge in [-0.15, -0.1) is 6.58 Å². The fourth-order valence-electron chi connectivity index (χ4n) is 2.21. The van der Waals surface area contributed by atoms with E-state index >= 15 is 0 Å². The van der Waals surface area contributed by atoms with E-state index in [0.29, 0.717) is 12.1 Å². The lowest BCUT2D eigenvalue weighted by Crippen LogP contribution is -2.41. The molecule has 26 heavy (non-hydrogen) atoms. The van der Waals surface area contributed by atoms with Gasteiger partial charge in [0.25, 0.3) is 0 Å². The molecule has 1 atom stereocenters. The Morgan fingerprint density at radius 1 is 1.08 bits per heavy atom. The Hall–Kier alpha value is -2.32. The fourth-order valence-corrected chi connectivity index (χ4v) is 2.21. The molecule has 1 aromatic carbocycles.